The number of alkyl halides is 3. The molecular formula is C13H14F3NO2. The van der Waals surface area contributed by atoms with Crippen LogP contribution in [0.3, 0.4) is 0 Å². The minimum Gasteiger partial charge on any atom is -0.461 e. The van der Waals surface area contributed by atoms with Gasteiger partial charge in [-0.05, 0) is 19.4 Å². The number of hydrogen-bond acceptors (Lipinski definition) is 3. The second-order valence-corrected chi connectivity index (χ2v) is 3.78. The third-order valence-corrected chi connectivity index (χ3v) is 2.34. The molecule has 3 nitrogen and oxygen atoms in total. The zero-order valence-corrected chi connectivity index (χ0v) is 10.6. The zero-order chi connectivity index (χ0) is 14.5. The Balaban J connectivity index is 3.04. The third kappa shape index (κ3) is 4.39. The molecule has 0 radical (unpaired) electrons. The summed E-state index contributed by atoms with van der Waals surface area (Å²) in [6.45, 7) is 2.79. The lowest BCUT2D eigenvalue weighted by Crippen LogP contribution is -2.33. The Kier molecular flexibility index (Phi) is 5.09. The first kappa shape index (κ1) is 15.2. The molecule has 0 saturated carbocycles. The molecule has 19 heavy (non-hydrogen) atoms. The van der Waals surface area contributed by atoms with E-state index >= 15 is 0 Å². The van der Waals surface area contributed by atoms with Crippen LogP contribution in [0.1, 0.15) is 25.5 Å². The van der Waals surface area contributed by atoms with Crippen molar-refractivity contribution < 1.29 is 22.7 Å². The number of ether oxygens (including phenoxy) is 1. The number of halogens is 3. The van der Waals surface area contributed by atoms with Gasteiger partial charge in [-0.3, -0.25) is 4.99 Å². The quantitative estimate of drug-likeness (QED) is 0.623. The van der Waals surface area contributed by atoms with E-state index in [1.807, 2.05) is 0 Å². The van der Waals surface area contributed by atoms with Gasteiger partial charge < -0.3 is 4.74 Å². The largest absolute Gasteiger partial charge is 0.461 e. The first-order valence-corrected chi connectivity index (χ1v) is 5.73. The second kappa shape index (κ2) is 6.36. The molecule has 0 heterocycles. The van der Waals surface area contributed by atoms with Crippen molar-refractivity contribution in [3.63, 3.8) is 0 Å². The maximum absolute atomic E-state index is 12.7. The first-order valence-electron chi connectivity index (χ1n) is 5.73. The fourth-order valence-corrected chi connectivity index (χ4v) is 1.44. The van der Waals surface area contributed by atoms with Gasteiger partial charge in [-0.25, -0.2) is 4.79 Å². The average molecular weight is 273 g/mol. The summed E-state index contributed by atoms with van der Waals surface area (Å²) in [4.78, 5) is 14.7. The Morgan fingerprint density at radius 1 is 1.32 bits per heavy atom. The van der Waals surface area contributed by atoms with E-state index in [-0.39, 0.29) is 6.61 Å². The van der Waals surface area contributed by atoms with Gasteiger partial charge in [0.1, 0.15) is 0 Å². The average Bonchev–Trinajstić information content (AvgIpc) is 2.35. The summed E-state index contributed by atoms with van der Waals surface area (Å²) in [5, 5.41) is 0. The predicted molar refractivity (Wildman–Crippen MR) is 65.0 cm³/mol. The van der Waals surface area contributed by atoms with Crippen LogP contribution in [0.2, 0.25) is 0 Å². The zero-order valence-electron chi connectivity index (χ0n) is 10.6. The minimum atomic E-state index is -4.82. The molecule has 1 atom stereocenters. The van der Waals surface area contributed by atoms with Gasteiger partial charge in [0.2, 0.25) is 5.71 Å². The van der Waals surface area contributed by atoms with Crippen molar-refractivity contribution in [3.8, 4) is 0 Å². The Hall–Kier alpha value is -1.85. The molecule has 0 saturated heterocycles. The van der Waals surface area contributed by atoms with E-state index < -0.39 is 23.9 Å². The summed E-state index contributed by atoms with van der Waals surface area (Å²) < 4.78 is 42.6. The molecule has 0 amide bonds. The third-order valence-electron chi connectivity index (χ3n) is 2.34. The van der Waals surface area contributed by atoms with Gasteiger partial charge in [-0.1, -0.05) is 30.3 Å². The van der Waals surface area contributed by atoms with Crippen molar-refractivity contribution >= 4 is 11.7 Å². The van der Waals surface area contributed by atoms with Crippen LogP contribution < -0.4 is 0 Å². The summed E-state index contributed by atoms with van der Waals surface area (Å²) in [5.41, 5.74) is -0.917. The highest BCUT2D eigenvalue weighted by molar-refractivity contribution is 6.38. The number of carbonyl (C=O) groups excluding carboxylic acids is 1. The van der Waals surface area contributed by atoms with Gasteiger partial charge in [0.15, 0.2) is 0 Å². The molecule has 6 heteroatoms. The number of nitrogens with zero attached hydrogens (tertiary/aromatic N) is 1. The summed E-state index contributed by atoms with van der Waals surface area (Å²) >= 11 is 0. The molecule has 0 bridgehead atoms. The summed E-state index contributed by atoms with van der Waals surface area (Å²) in [7, 11) is 0. The molecule has 104 valence electrons. The van der Waals surface area contributed by atoms with Crippen molar-refractivity contribution in [2.75, 3.05) is 6.61 Å². The molecular weight excluding hydrogens is 259 g/mol. The molecule has 0 unspecified atom stereocenters. The Labute approximate surface area is 109 Å². The first-order chi connectivity index (χ1) is 8.86. The molecule has 0 aliphatic rings. The van der Waals surface area contributed by atoms with E-state index in [2.05, 4.69) is 9.73 Å². The number of benzene rings is 1. The highest BCUT2D eigenvalue weighted by Gasteiger charge is 2.42. The number of hydrogen-bond donors (Lipinski definition) is 0. The number of esters is 1. The van der Waals surface area contributed by atoms with Crippen LogP contribution in [0.15, 0.2) is 35.3 Å². The van der Waals surface area contributed by atoms with Crippen molar-refractivity contribution in [2.45, 2.75) is 26.1 Å². The molecule has 0 fully saturated rings. The lowest BCUT2D eigenvalue weighted by Gasteiger charge is -2.13. The van der Waals surface area contributed by atoms with Crippen LogP contribution in [-0.2, 0) is 9.53 Å². The van der Waals surface area contributed by atoms with Crippen LogP contribution in [0.25, 0.3) is 0 Å². The maximum Gasteiger partial charge on any atom is 0.440 e. The lowest BCUT2D eigenvalue weighted by molar-refractivity contribution is -0.139. The molecule has 0 spiro atoms. The van der Waals surface area contributed by atoms with Gasteiger partial charge in [0.05, 0.1) is 12.6 Å². The van der Waals surface area contributed by atoms with Crippen LogP contribution in [0.4, 0.5) is 13.2 Å². The Morgan fingerprint density at radius 3 is 2.37 bits per heavy atom. The molecule has 0 aliphatic heterocycles. The van der Waals surface area contributed by atoms with E-state index in [0.717, 1.165) is 0 Å². The van der Waals surface area contributed by atoms with Crippen molar-refractivity contribution in [3.05, 3.63) is 35.9 Å². The van der Waals surface area contributed by atoms with Crippen LogP contribution >= 0.6 is 0 Å². The molecule has 1 rings (SSSR count). The SMILES string of the molecule is CCOC(=O)C(=N[C@H](C)c1ccccc1)C(F)(F)F. The van der Waals surface area contributed by atoms with E-state index in [1.54, 1.807) is 30.3 Å². The fraction of sp³-hybridized carbons (Fsp3) is 0.385. The van der Waals surface area contributed by atoms with E-state index in [1.165, 1.54) is 13.8 Å². The maximum atomic E-state index is 12.7. The smallest absolute Gasteiger partial charge is 0.440 e. The molecule has 0 aromatic heterocycles. The van der Waals surface area contributed by atoms with E-state index in [0.29, 0.717) is 5.56 Å². The fourth-order valence-electron chi connectivity index (χ4n) is 1.44. The number of carbonyl (C=O) groups is 1. The standard InChI is InChI=1S/C13H14F3NO2/c1-3-19-12(18)11(13(14,15)16)17-9(2)10-7-5-4-6-8-10/h4-9H,3H2,1-2H3/t9-/m1/s1. The molecule has 1 aromatic carbocycles. The van der Waals surface area contributed by atoms with Gasteiger partial charge in [-0.15, -0.1) is 0 Å². The summed E-state index contributed by atoms with van der Waals surface area (Å²) in [5.74, 6) is -1.45. The van der Waals surface area contributed by atoms with E-state index in [9.17, 15) is 18.0 Å². The topological polar surface area (TPSA) is 38.7 Å². The van der Waals surface area contributed by atoms with Crippen LogP contribution in [0.5, 0.6) is 0 Å². The highest BCUT2D eigenvalue weighted by atomic mass is 19.4. The summed E-state index contributed by atoms with van der Waals surface area (Å²) in [6, 6.07) is 7.65. The highest BCUT2D eigenvalue weighted by Crippen LogP contribution is 2.23. The monoisotopic (exact) mass is 273 g/mol. The van der Waals surface area contributed by atoms with Gasteiger partial charge in [0.25, 0.3) is 0 Å². The van der Waals surface area contributed by atoms with Gasteiger partial charge in [0, 0.05) is 0 Å². The van der Waals surface area contributed by atoms with Gasteiger partial charge in [-0.2, -0.15) is 13.2 Å². The Morgan fingerprint density at radius 2 is 1.89 bits per heavy atom. The van der Waals surface area contributed by atoms with Crippen LogP contribution in [0, 0.1) is 0 Å². The predicted octanol–water partition coefficient (Wildman–Crippen LogP) is 3.31. The van der Waals surface area contributed by atoms with E-state index in [4.69, 9.17) is 0 Å². The Bertz CT molecular complexity index is 455. The molecule has 0 aliphatic carbocycles. The van der Waals surface area contributed by atoms with Crippen molar-refractivity contribution in [1.82, 2.24) is 0 Å². The van der Waals surface area contributed by atoms with Crippen molar-refractivity contribution in [2.24, 2.45) is 4.99 Å². The van der Waals surface area contributed by atoms with Gasteiger partial charge >= 0.3 is 12.1 Å². The number of rotatable bonds is 4. The lowest BCUT2D eigenvalue weighted by atomic mass is 10.1. The molecule has 1 aromatic rings. The van der Waals surface area contributed by atoms with Crippen LogP contribution in [-0.4, -0.2) is 24.5 Å². The van der Waals surface area contributed by atoms with Crippen molar-refractivity contribution in [1.29, 1.82) is 0 Å². The number of aliphatic imine (C=N–C) groups is 1. The second-order valence-electron chi connectivity index (χ2n) is 3.78. The minimum absolute atomic E-state index is 0.131. The normalized spacial score (nSPS) is 14.1. The summed E-state index contributed by atoms with van der Waals surface area (Å²) in [6.07, 6.45) is -4.82. The molecule has 0 N–H and O–H groups in total.